The zero-order chi connectivity index (χ0) is 14.5. The van der Waals surface area contributed by atoms with Crippen molar-refractivity contribution < 1.29 is 14.5 Å². The Morgan fingerprint density at radius 1 is 1.25 bits per heavy atom. The van der Waals surface area contributed by atoms with Crippen LogP contribution in [0.5, 0.6) is 0 Å². The first kappa shape index (κ1) is 14.1. The van der Waals surface area contributed by atoms with Crippen molar-refractivity contribution >= 4 is 23.1 Å². The van der Waals surface area contributed by atoms with E-state index in [1.807, 2.05) is 4.90 Å². The molecule has 1 N–H and O–H groups in total. The molecule has 0 radical (unpaired) electrons. The zero-order valence-electron chi connectivity index (χ0n) is 10.9. The number of carbonyl (C=O) groups excluding carboxylic acids is 2. The topological polar surface area (TPSA) is 92.6 Å². The van der Waals surface area contributed by atoms with Crippen molar-refractivity contribution in [2.45, 2.75) is 12.8 Å². The minimum absolute atomic E-state index is 0.0162. The number of non-ortho nitro benzene ring substituents is 1. The number of hydrogen-bond donors (Lipinski definition) is 1. The molecule has 2 rings (SSSR count). The predicted molar refractivity (Wildman–Crippen MR) is 72.4 cm³/mol. The van der Waals surface area contributed by atoms with Crippen LogP contribution in [0.25, 0.3) is 0 Å². The van der Waals surface area contributed by atoms with E-state index in [0.717, 1.165) is 0 Å². The van der Waals surface area contributed by atoms with Crippen molar-refractivity contribution in [3.8, 4) is 0 Å². The molecule has 1 saturated heterocycles. The van der Waals surface area contributed by atoms with Crippen LogP contribution in [-0.4, -0.2) is 41.1 Å². The number of benzene rings is 1. The summed E-state index contributed by atoms with van der Waals surface area (Å²) in [5, 5.41) is 13.2. The quantitative estimate of drug-likeness (QED) is 0.659. The number of ketones is 1. The second kappa shape index (κ2) is 6.25. The van der Waals surface area contributed by atoms with E-state index in [-0.39, 0.29) is 23.9 Å². The largest absolute Gasteiger partial charge is 0.325 e. The van der Waals surface area contributed by atoms with Crippen LogP contribution in [0.1, 0.15) is 12.8 Å². The number of carbonyl (C=O) groups is 2. The van der Waals surface area contributed by atoms with Crippen molar-refractivity contribution in [1.82, 2.24) is 4.90 Å². The number of hydrogen-bond acceptors (Lipinski definition) is 5. The van der Waals surface area contributed by atoms with Gasteiger partial charge in [-0.15, -0.1) is 0 Å². The second-order valence-electron chi connectivity index (χ2n) is 4.67. The van der Waals surface area contributed by atoms with Crippen molar-refractivity contribution in [3.63, 3.8) is 0 Å². The highest BCUT2D eigenvalue weighted by molar-refractivity contribution is 5.92. The fourth-order valence-electron chi connectivity index (χ4n) is 2.03. The van der Waals surface area contributed by atoms with Crippen LogP contribution in [-0.2, 0) is 9.59 Å². The maximum Gasteiger partial charge on any atom is 0.269 e. The Morgan fingerprint density at radius 2 is 1.85 bits per heavy atom. The number of piperidine rings is 1. The molecule has 1 aliphatic heterocycles. The fraction of sp³-hybridized carbons (Fsp3) is 0.385. The molecule has 0 spiro atoms. The van der Waals surface area contributed by atoms with Crippen molar-refractivity contribution in [1.29, 1.82) is 0 Å². The molecule has 7 nitrogen and oxygen atoms in total. The van der Waals surface area contributed by atoms with Gasteiger partial charge in [-0.2, -0.15) is 0 Å². The summed E-state index contributed by atoms with van der Waals surface area (Å²) in [4.78, 5) is 34.8. The monoisotopic (exact) mass is 277 g/mol. The summed E-state index contributed by atoms with van der Waals surface area (Å²) in [6.45, 7) is 1.43. The SMILES string of the molecule is O=C1CCN(CC(=O)Nc2ccc([N+](=O)[O-])cc2)CC1. The Bertz CT molecular complexity index is 517. The molecule has 0 atom stereocenters. The number of nitro groups is 1. The zero-order valence-corrected chi connectivity index (χ0v) is 10.9. The van der Waals surface area contributed by atoms with Gasteiger partial charge in [-0.3, -0.25) is 24.6 Å². The molecule has 0 saturated carbocycles. The molecule has 0 aliphatic carbocycles. The van der Waals surface area contributed by atoms with Gasteiger partial charge in [0.15, 0.2) is 0 Å². The number of Topliss-reactive ketones (excluding diaryl/α,β-unsaturated/α-hetero) is 1. The van der Waals surface area contributed by atoms with Gasteiger partial charge in [-0.05, 0) is 12.1 Å². The van der Waals surface area contributed by atoms with Crippen LogP contribution in [0.2, 0.25) is 0 Å². The average molecular weight is 277 g/mol. The minimum atomic E-state index is -0.490. The van der Waals surface area contributed by atoms with Gasteiger partial charge >= 0.3 is 0 Å². The Balaban J connectivity index is 1.85. The van der Waals surface area contributed by atoms with Gasteiger partial charge in [0.05, 0.1) is 11.5 Å². The molecule has 0 unspecified atom stereocenters. The Hall–Kier alpha value is -2.28. The smallest absolute Gasteiger partial charge is 0.269 e. The summed E-state index contributed by atoms with van der Waals surface area (Å²) in [5.74, 6) is 0.0465. The third kappa shape index (κ3) is 3.86. The molecule has 7 heteroatoms. The fourth-order valence-corrected chi connectivity index (χ4v) is 2.03. The normalized spacial score (nSPS) is 15.9. The second-order valence-corrected chi connectivity index (χ2v) is 4.67. The standard InChI is InChI=1S/C13H15N3O4/c17-12-5-7-15(8-6-12)9-13(18)14-10-1-3-11(4-2-10)16(19)20/h1-4H,5-9H2,(H,14,18). The number of amides is 1. The third-order valence-corrected chi connectivity index (χ3v) is 3.14. The molecular weight excluding hydrogens is 262 g/mol. The number of anilines is 1. The van der Waals surface area contributed by atoms with Crippen LogP contribution in [0.4, 0.5) is 11.4 Å². The van der Waals surface area contributed by atoms with Gasteiger partial charge in [0.1, 0.15) is 5.78 Å². The summed E-state index contributed by atoms with van der Waals surface area (Å²) in [7, 11) is 0. The molecule has 1 aliphatic rings. The highest BCUT2D eigenvalue weighted by Gasteiger charge is 2.18. The summed E-state index contributed by atoms with van der Waals surface area (Å²) < 4.78 is 0. The van der Waals surface area contributed by atoms with E-state index in [1.165, 1.54) is 24.3 Å². The lowest BCUT2D eigenvalue weighted by molar-refractivity contribution is -0.384. The summed E-state index contributed by atoms with van der Waals surface area (Å²) >= 11 is 0. The summed E-state index contributed by atoms with van der Waals surface area (Å²) in [6.07, 6.45) is 0.982. The van der Waals surface area contributed by atoms with Crippen LogP contribution in [0.3, 0.4) is 0 Å². The summed E-state index contributed by atoms with van der Waals surface area (Å²) in [6, 6.07) is 5.68. The van der Waals surface area contributed by atoms with Gasteiger partial charge in [-0.25, -0.2) is 0 Å². The molecule has 106 valence electrons. The van der Waals surface area contributed by atoms with Crippen molar-refractivity contribution in [2.75, 3.05) is 25.0 Å². The van der Waals surface area contributed by atoms with E-state index < -0.39 is 4.92 Å². The van der Waals surface area contributed by atoms with Gasteiger partial charge in [0.25, 0.3) is 5.69 Å². The lowest BCUT2D eigenvalue weighted by atomic mass is 10.1. The Labute approximate surface area is 115 Å². The van der Waals surface area contributed by atoms with E-state index in [9.17, 15) is 19.7 Å². The predicted octanol–water partition coefficient (Wildman–Crippen LogP) is 1.20. The first-order valence-corrected chi connectivity index (χ1v) is 6.33. The highest BCUT2D eigenvalue weighted by Crippen LogP contribution is 2.15. The Kier molecular flexibility index (Phi) is 4.41. The van der Waals surface area contributed by atoms with E-state index in [2.05, 4.69) is 5.32 Å². The maximum atomic E-state index is 11.8. The number of nitro benzene ring substituents is 1. The van der Waals surface area contributed by atoms with E-state index in [0.29, 0.717) is 31.6 Å². The Morgan fingerprint density at radius 3 is 2.40 bits per heavy atom. The summed E-state index contributed by atoms with van der Waals surface area (Å²) in [5.41, 5.74) is 0.506. The average Bonchev–Trinajstić information content (AvgIpc) is 2.42. The lowest BCUT2D eigenvalue weighted by Crippen LogP contribution is -2.39. The number of nitrogens with zero attached hydrogens (tertiary/aromatic N) is 2. The molecule has 1 amide bonds. The van der Waals surface area contributed by atoms with Crippen molar-refractivity contribution in [3.05, 3.63) is 34.4 Å². The van der Waals surface area contributed by atoms with Crippen LogP contribution in [0, 0.1) is 10.1 Å². The van der Waals surface area contributed by atoms with Crippen LogP contribution in [0.15, 0.2) is 24.3 Å². The lowest BCUT2D eigenvalue weighted by Gasteiger charge is -2.24. The number of likely N-dealkylation sites (tertiary alicyclic amines) is 1. The van der Waals surface area contributed by atoms with Gasteiger partial charge in [-0.1, -0.05) is 0 Å². The maximum absolute atomic E-state index is 11.8. The molecule has 0 aromatic heterocycles. The molecule has 1 fully saturated rings. The van der Waals surface area contributed by atoms with Gasteiger partial charge in [0, 0.05) is 43.8 Å². The van der Waals surface area contributed by atoms with Gasteiger partial charge in [0.2, 0.25) is 5.91 Å². The van der Waals surface area contributed by atoms with Crippen molar-refractivity contribution in [2.24, 2.45) is 0 Å². The highest BCUT2D eigenvalue weighted by atomic mass is 16.6. The third-order valence-electron chi connectivity index (χ3n) is 3.14. The van der Waals surface area contributed by atoms with E-state index in [4.69, 9.17) is 0 Å². The molecule has 1 aromatic rings. The minimum Gasteiger partial charge on any atom is -0.325 e. The molecule has 0 bridgehead atoms. The molecule has 20 heavy (non-hydrogen) atoms. The molecule has 1 aromatic carbocycles. The van der Waals surface area contributed by atoms with E-state index in [1.54, 1.807) is 0 Å². The van der Waals surface area contributed by atoms with Gasteiger partial charge < -0.3 is 5.32 Å². The number of rotatable bonds is 4. The molecule has 1 heterocycles. The number of nitrogens with one attached hydrogen (secondary N) is 1. The first-order chi connectivity index (χ1) is 9.54. The van der Waals surface area contributed by atoms with Crippen LogP contribution < -0.4 is 5.32 Å². The van der Waals surface area contributed by atoms with Crippen LogP contribution >= 0.6 is 0 Å². The van der Waals surface area contributed by atoms with E-state index >= 15 is 0 Å². The first-order valence-electron chi connectivity index (χ1n) is 6.33. The molecular formula is C13H15N3O4.